The summed E-state index contributed by atoms with van der Waals surface area (Å²) in [5.74, 6) is 2.13. The van der Waals surface area contributed by atoms with Crippen molar-refractivity contribution in [1.82, 2.24) is 0 Å². The third kappa shape index (κ3) is 5.29. The van der Waals surface area contributed by atoms with Crippen LogP contribution in [0.4, 0.5) is 0 Å². The number of hydrogen-bond donors (Lipinski definition) is 0. The molecule has 0 amide bonds. The van der Waals surface area contributed by atoms with Gasteiger partial charge < -0.3 is 9.22 Å². The van der Waals surface area contributed by atoms with Gasteiger partial charge in [-0.3, -0.25) is 0 Å². The van der Waals surface area contributed by atoms with Crippen LogP contribution in [0.2, 0.25) is 18.1 Å². The molecule has 0 aromatic heterocycles. The molecule has 0 saturated heterocycles. The average molecular weight is 445 g/mol. The lowest BCUT2D eigenvalue weighted by Gasteiger charge is -2.43. The van der Waals surface area contributed by atoms with Crippen molar-refractivity contribution in [2.45, 2.75) is 117 Å². The molecule has 0 bridgehead atoms. The van der Waals surface area contributed by atoms with Crippen molar-refractivity contribution in [2.75, 3.05) is 0 Å². The van der Waals surface area contributed by atoms with Crippen LogP contribution < -0.4 is 0 Å². The second kappa shape index (κ2) is 9.29. The molecule has 3 saturated carbocycles. The maximum Gasteiger partial charge on any atom is 0.192 e. The molecule has 3 fully saturated rings. The lowest BCUT2D eigenvalue weighted by Crippen LogP contribution is -2.45. The summed E-state index contributed by atoms with van der Waals surface area (Å²) in [4.78, 5) is 11.5. The molecule has 0 aromatic rings. The highest BCUT2D eigenvalue weighted by molar-refractivity contribution is 6.74. The fraction of sp³-hybridized carbons (Fsp3) is 0.821. The van der Waals surface area contributed by atoms with Crippen molar-refractivity contribution >= 4 is 14.6 Å². The smallest absolute Gasteiger partial charge is 0.192 e. The van der Waals surface area contributed by atoms with Crippen LogP contribution >= 0.6 is 0 Å². The SMILES string of the molecule is C[C@@H]1C/C(=C/C=C2\CCC[C@]3(C)[C@@H]([C@H](C)C=O)CC[C@@H]23)C[C@@H](O[Si](C)(C)C(C)(C)C)C1. The van der Waals surface area contributed by atoms with Gasteiger partial charge in [-0.2, -0.15) is 0 Å². The van der Waals surface area contributed by atoms with Crippen LogP contribution in [0.5, 0.6) is 0 Å². The summed E-state index contributed by atoms with van der Waals surface area (Å²) in [5, 5.41) is 0.268. The molecular formula is C28H48O2Si. The van der Waals surface area contributed by atoms with E-state index in [1.165, 1.54) is 51.2 Å². The number of carbonyl (C=O) groups is 1. The van der Waals surface area contributed by atoms with Crippen LogP contribution in [-0.4, -0.2) is 20.7 Å². The summed E-state index contributed by atoms with van der Waals surface area (Å²) >= 11 is 0. The summed E-state index contributed by atoms with van der Waals surface area (Å²) in [7, 11) is -1.73. The molecular weight excluding hydrogens is 396 g/mol. The molecule has 0 N–H and O–H groups in total. The molecule has 3 aliphatic rings. The van der Waals surface area contributed by atoms with E-state index in [-0.39, 0.29) is 11.0 Å². The van der Waals surface area contributed by atoms with Crippen molar-refractivity contribution in [3.8, 4) is 0 Å². The summed E-state index contributed by atoms with van der Waals surface area (Å²) in [5.41, 5.74) is 3.55. The van der Waals surface area contributed by atoms with Gasteiger partial charge in [0.25, 0.3) is 0 Å². The first-order valence-corrected chi connectivity index (χ1v) is 15.8. The Morgan fingerprint density at radius 3 is 2.52 bits per heavy atom. The van der Waals surface area contributed by atoms with Gasteiger partial charge in [0.15, 0.2) is 8.32 Å². The largest absolute Gasteiger partial charge is 0.414 e. The molecule has 6 atom stereocenters. The van der Waals surface area contributed by atoms with E-state index in [1.807, 2.05) is 0 Å². The maximum absolute atomic E-state index is 11.5. The summed E-state index contributed by atoms with van der Waals surface area (Å²) in [6.45, 7) is 18.8. The van der Waals surface area contributed by atoms with Gasteiger partial charge in [-0.25, -0.2) is 0 Å². The maximum atomic E-state index is 11.5. The monoisotopic (exact) mass is 444 g/mol. The third-order valence-corrected chi connectivity index (χ3v) is 14.0. The van der Waals surface area contributed by atoms with Crippen molar-refractivity contribution in [3.05, 3.63) is 23.3 Å². The number of hydrogen-bond acceptors (Lipinski definition) is 2. The zero-order valence-corrected chi connectivity index (χ0v) is 22.6. The second-order valence-electron chi connectivity index (χ2n) is 12.9. The predicted molar refractivity (Wildman–Crippen MR) is 135 cm³/mol. The highest BCUT2D eigenvalue weighted by Crippen LogP contribution is 2.59. The molecule has 3 rings (SSSR count). The molecule has 3 aliphatic carbocycles. The Labute approximate surface area is 193 Å². The number of rotatable bonds is 5. The summed E-state index contributed by atoms with van der Waals surface area (Å²) < 4.78 is 6.82. The van der Waals surface area contributed by atoms with Gasteiger partial charge >= 0.3 is 0 Å². The molecule has 0 spiro atoms. The van der Waals surface area contributed by atoms with Crippen molar-refractivity contribution in [2.24, 2.45) is 29.1 Å². The van der Waals surface area contributed by atoms with Crippen LogP contribution in [0.1, 0.15) is 92.9 Å². The number of allylic oxidation sites excluding steroid dienone is 3. The Kier molecular flexibility index (Phi) is 7.48. The molecule has 176 valence electrons. The Morgan fingerprint density at radius 1 is 1.16 bits per heavy atom. The van der Waals surface area contributed by atoms with Gasteiger partial charge in [-0.1, -0.05) is 64.8 Å². The van der Waals surface area contributed by atoms with E-state index in [0.717, 1.165) is 6.42 Å². The van der Waals surface area contributed by atoms with Crippen LogP contribution in [0.3, 0.4) is 0 Å². The third-order valence-electron chi connectivity index (χ3n) is 9.45. The van der Waals surface area contributed by atoms with Crippen LogP contribution in [0.15, 0.2) is 23.3 Å². The van der Waals surface area contributed by atoms with E-state index >= 15 is 0 Å². The number of fused-ring (bicyclic) bond motifs is 1. The Hall–Kier alpha value is -0.673. The lowest BCUT2D eigenvalue weighted by molar-refractivity contribution is -0.113. The molecule has 0 radical (unpaired) electrons. The zero-order chi connectivity index (χ0) is 23.0. The highest BCUT2D eigenvalue weighted by atomic mass is 28.4. The summed E-state index contributed by atoms with van der Waals surface area (Å²) in [6, 6.07) is 0. The first-order chi connectivity index (χ1) is 14.4. The molecule has 0 aromatic carbocycles. The average Bonchev–Trinajstić information content (AvgIpc) is 3.01. The Bertz CT molecular complexity index is 713. The highest BCUT2D eigenvalue weighted by Gasteiger charge is 2.50. The quantitative estimate of drug-likeness (QED) is 0.316. The van der Waals surface area contributed by atoms with Crippen molar-refractivity contribution < 1.29 is 9.22 Å². The molecule has 0 heterocycles. The predicted octanol–water partition coefficient (Wildman–Crippen LogP) is 8.10. The van der Waals surface area contributed by atoms with Gasteiger partial charge in [-0.05, 0) is 92.7 Å². The van der Waals surface area contributed by atoms with E-state index < -0.39 is 8.32 Å². The van der Waals surface area contributed by atoms with E-state index in [0.29, 0.717) is 29.3 Å². The molecule has 0 aliphatic heterocycles. The fourth-order valence-corrected chi connectivity index (χ4v) is 8.09. The minimum atomic E-state index is -1.73. The first-order valence-electron chi connectivity index (χ1n) is 12.9. The minimum Gasteiger partial charge on any atom is -0.414 e. The van der Waals surface area contributed by atoms with Crippen molar-refractivity contribution in [3.63, 3.8) is 0 Å². The standard InChI is InChI=1S/C28H48O2Si/c1-20-16-22(18-24(17-20)30-31(7,8)27(3,4)5)11-12-23-10-9-15-28(6)25(21(2)19-29)13-14-26(23)28/h11-12,19-21,24-26H,9-10,13-18H2,1-8H3/b22-11-,23-12+/t20-,21-,24+,25-,26+,28-/m1/s1. The van der Waals surface area contributed by atoms with E-state index in [9.17, 15) is 4.79 Å². The van der Waals surface area contributed by atoms with Gasteiger partial charge in [0, 0.05) is 12.0 Å². The Morgan fingerprint density at radius 2 is 1.87 bits per heavy atom. The minimum absolute atomic E-state index is 0.195. The van der Waals surface area contributed by atoms with Gasteiger partial charge in [0.1, 0.15) is 6.29 Å². The van der Waals surface area contributed by atoms with Crippen LogP contribution in [-0.2, 0) is 9.22 Å². The van der Waals surface area contributed by atoms with Crippen molar-refractivity contribution in [1.29, 1.82) is 0 Å². The van der Waals surface area contributed by atoms with Gasteiger partial charge in [-0.15, -0.1) is 0 Å². The van der Waals surface area contributed by atoms with Gasteiger partial charge in [0.2, 0.25) is 0 Å². The zero-order valence-electron chi connectivity index (χ0n) is 21.6. The lowest BCUT2D eigenvalue weighted by atomic mass is 9.61. The van der Waals surface area contributed by atoms with E-state index in [2.05, 4.69) is 66.8 Å². The van der Waals surface area contributed by atoms with Gasteiger partial charge in [0.05, 0.1) is 0 Å². The van der Waals surface area contributed by atoms with Crippen LogP contribution in [0, 0.1) is 29.1 Å². The fourth-order valence-electron chi connectivity index (χ4n) is 6.72. The topological polar surface area (TPSA) is 26.3 Å². The molecule has 3 heteroatoms. The normalized spacial score (nSPS) is 38.3. The number of carbonyl (C=O) groups excluding carboxylic acids is 1. The number of aldehydes is 1. The van der Waals surface area contributed by atoms with E-state index in [1.54, 1.807) is 11.1 Å². The molecule has 2 nitrogen and oxygen atoms in total. The van der Waals surface area contributed by atoms with E-state index in [4.69, 9.17) is 4.43 Å². The van der Waals surface area contributed by atoms with Crippen LogP contribution in [0.25, 0.3) is 0 Å². The molecule has 31 heavy (non-hydrogen) atoms. The second-order valence-corrected chi connectivity index (χ2v) is 17.7. The first kappa shape index (κ1) is 25.0. The summed E-state index contributed by atoms with van der Waals surface area (Å²) in [6.07, 6.45) is 16.4. The molecule has 0 unspecified atom stereocenters. The Balaban J connectivity index is 1.74.